The standard InChI is InChI=1S/C28H46N2.BrH/c1-29(2,25-27-19-13-11-14-20-27)23-17-9-7-5-6-8-10-18-24-30(3,4)26-28-21-15-12-16-22-28;/h11-16,19-22H,5-10,17-18,23-26H2,1-4H3;1H/q+2;/p-1. The fourth-order valence-electron chi connectivity index (χ4n) is 4.45. The molecule has 0 atom stereocenters. The van der Waals surface area contributed by atoms with Gasteiger partial charge in [0, 0.05) is 11.1 Å². The molecule has 2 rings (SSSR count). The number of rotatable bonds is 15. The van der Waals surface area contributed by atoms with E-state index in [1.54, 1.807) is 0 Å². The van der Waals surface area contributed by atoms with Gasteiger partial charge in [0.05, 0.1) is 41.3 Å². The number of halogens is 1. The Labute approximate surface area is 203 Å². The van der Waals surface area contributed by atoms with Crippen LogP contribution in [0.3, 0.4) is 0 Å². The molecule has 0 aromatic heterocycles. The third kappa shape index (κ3) is 13.1. The summed E-state index contributed by atoms with van der Waals surface area (Å²) >= 11 is 0. The second-order valence-electron chi connectivity index (χ2n) is 10.4. The van der Waals surface area contributed by atoms with Gasteiger partial charge in [-0.05, 0) is 25.7 Å². The van der Waals surface area contributed by atoms with E-state index in [2.05, 4.69) is 88.9 Å². The first-order valence-electron chi connectivity index (χ1n) is 12.1. The first-order valence-corrected chi connectivity index (χ1v) is 12.1. The molecule has 0 spiro atoms. The van der Waals surface area contributed by atoms with Crippen LogP contribution in [0.4, 0.5) is 0 Å². The number of hydrogen-bond acceptors (Lipinski definition) is 0. The second kappa shape index (κ2) is 14.8. The zero-order chi connectivity index (χ0) is 21.7. The summed E-state index contributed by atoms with van der Waals surface area (Å²) in [5, 5.41) is 0. The Morgan fingerprint density at radius 2 is 0.742 bits per heavy atom. The van der Waals surface area contributed by atoms with Crippen molar-refractivity contribution in [2.75, 3.05) is 41.3 Å². The molecule has 0 N–H and O–H groups in total. The van der Waals surface area contributed by atoms with Crippen LogP contribution >= 0.6 is 0 Å². The lowest BCUT2D eigenvalue weighted by molar-refractivity contribution is -0.903. The van der Waals surface area contributed by atoms with E-state index >= 15 is 0 Å². The maximum absolute atomic E-state index is 2.37. The van der Waals surface area contributed by atoms with Crippen LogP contribution in [0.15, 0.2) is 60.7 Å². The summed E-state index contributed by atoms with van der Waals surface area (Å²) in [7, 11) is 9.46. The van der Waals surface area contributed by atoms with Gasteiger partial charge in [0.15, 0.2) is 0 Å². The molecule has 0 saturated carbocycles. The van der Waals surface area contributed by atoms with Gasteiger partial charge in [0.1, 0.15) is 13.1 Å². The second-order valence-corrected chi connectivity index (χ2v) is 10.4. The van der Waals surface area contributed by atoms with Crippen molar-refractivity contribution in [3.05, 3.63) is 71.8 Å². The predicted octanol–water partition coefficient (Wildman–Crippen LogP) is 3.66. The van der Waals surface area contributed by atoms with E-state index in [1.165, 1.54) is 75.6 Å². The molecule has 2 nitrogen and oxygen atoms in total. The van der Waals surface area contributed by atoms with Crippen LogP contribution in [0.5, 0.6) is 0 Å². The quantitative estimate of drug-likeness (QED) is 0.264. The molecule has 31 heavy (non-hydrogen) atoms. The van der Waals surface area contributed by atoms with Crippen LogP contribution in [-0.2, 0) is 13.1 Å². The molecule has 0 unspecified atom stereocenters. The van der Waals surface area contributed by atoms with Gasteiger partial charge in [-0.3, -0.25) is 0 Å². The molecule has 0 saturated heterocycles. The summed E-state index contributed by atoms with van der Waals surface area (Å²) in [6.45, 7) is 4.84. The number of nitrogens with zero attached hydrogens (tertiary/aromatic N) is 2. The van der Waals surface area contributed by atoms with Crippen molar-refractivity contribution in [1.29, 1.82) is 0 Å². The first kappa shape index (κ1) is 27.9. The van der Waals surface area contributed by atoms with Crippen LogP contribution < -0.4 is 17.0 Å². The summed E-state index contributed by atoms with van der Waals surface area (Å²) in [6.07, 6.45) is 11.1. The van der Waals surface area contributed by atoms with Gasteiger partial charge in [-0.1, -0.05) is 86.3 Å². The molecule has 0 amide bonds. The first-order chi connectivity index (χ1) is 14.4. The van der Waals surface area contributed by atoms with Gasteiger partial charge in [-0.2, -0.15) is 0 Å². The highest BCUT2D eigenvalue weighted by molar-refractivity contribution is 5.14. The molecule has 174 valence electrons. The average molecular weight is 491 g/mol. The van der Waals surface area contributed by atoms with Crippen molar-refractivity contribution in [1.82, 2.24) is 0 Å². The van der Waals surface area contributed by atoms with E-state index in [4.69, 9.17) is 0 Å². The summed E-state index contributed by atoms with van der Waals surface area (Å²) < 4.78 is 2.20. The fraction of sp³-hybridized carbons (Fsp3) is 0.571. The minimum atomic E-state index is 0. The minimum absolute atomic E-state index is 0. The Balaban J connectivity index is 0.00000480. The Hall–Kier alpha value is -1.16. The van der Waals surface area contributed by atoms with Gasteiger partial charge in [0.25, 0.3) is 0 Å². The largest absolute Gasteiger partial charge is 1.00 e. The van der Waals surface area contributed by atoms with Crippen molar-refractivity contribution >= 4 is 0 Å². The van der Waals surface area contributed by atoms with Crippen LogP contribution in [-0.4, -0.2) is 50.2 Å². The molecule has 0 radical (unpaired) electrons. The molecular weight excluding hydrogens is 444 g/mol. The van der Waals surface area contributed by atoms with Gasteiger partial charge in [-0.25, -0.2) is 0 Å². The number of benzene rings is 2. The van der Waals surface area contributed by atoms with Crippen molar-refractivity contribution in [2.45, 2.75) is 64.5 Å². The Kier molecular flexibility index (Phi) is 13.3. The molecule has 0 fully saturated rings. The highest BCUT2D eigenvalue weighted by atomic mass is 79.9. The number of quaternary nitrogens is 2. The van der Waals surface area contributed by atoms with E-state index in [0.717, 1.165) is 22.1 Å². The number of unbranched alkanes of at least 4 members (excludes halogenated alkanes) is 7. The third-order valence-corrected chi connectivity index (χ3v) is 6.18. The highest BCUT2D eigenvalue weighted by Crippen LogP contribution is 2.15. The lowest BCUT2D eigenvalue weighted by atomic mass is 10.1. The summed E-state index contributed by atoms with van der Waals surface area (Å²) in [5.41, 5.74) is 2.90. The maximum atomic E-state index is 2.37. The van der Waals surface area contributed by atoms with Crippen LogP contribution in [0.25, 0.3) is 0 Å². The van der Waals surface area contributed by atoms with E-state index in [9.17, 15) is 0 Å². The van der Waals surface area contributed by atoms with Gasteiger partial charge < -0.3 is 25.9 Å². The summed E-state index contributed by atoms with van der Waals surface area (Å²) in [6, 6.07) is 21.8. The van der Waals surface area contributed by atoms with Gasteiger partial charge in [0.2, 0.25) is 0 Å². The molecule has 2 aromatic rings. The minimum Gasteiger partial charge on any atom is -1.00 e. The monoisotopic (exact) mass is 489 g/mol. The van der Waals surface area contributed by atoms with Crippen LogP contribution in [0.2, 0.25) is 0 Å². The topological polar surface area (TPSA) is 0 Å². The third-order valence-electron chi connectivity index (χ3n) is 6.18. The molecule has 0 aliphatic rings. The smallest absolute Gasteiger partial charge is 0.104 e. The van der Waals surface area contributed by atoms with Gasteiger partial charge in [-0.15, -0.1) is 0 Å². The lowest BCUT2D eigenvalue weighted by Crippen LogP contribution is -3.00. The zero-order valence-electron chi connectivity index (χ0n) is 20.5. The van der Waals surface area contributed by atoms with E-state index in [0.29, 0.717) is 0 Å². The SMILES string of the molecule is C[N+](C)(CCCCCCCCCC[N+](C)(C)Cc1ccccc1)Cc1ccccc1.[Br-]. The van der Waals surface area contributed by atoms with E-state index in [1.807, 2.05) is 0 Å². The number of hydrogen-bond donors (Lipinski definition) is 0. The summed E-state index contributed by atoms with van der Waals surface area (Å²) in [4.78, 5) is 0. The molecule has 2 aromatic carbocycles. The lowest BCUT2D eigenvalue weighted by Gasteiger charge is -2.30. The van der Waals surface area contributed by atoms with Gasteiger partial charge >= 0.3 is 0 Å². The summed E-state index contributed by atoms with van der Waals surface area (Å²) in [5.74, 6) is 0. The molecule has 0 bridgehead atoms. The average Bonchev–Trinajstić information content (AvgIpc) is 2.70. The normalized spacial score (nSPS) is 11.9. The molecule has 0 heterocycles. The Bertz CT molecular complexity index is 621. The Morgan fingerprint density at radius 3 is 1.06 bits per heavy atom. The van der Waals surface area contributed by atoms with Crippen molar-refractivity contribution in [2.24, 2.45) is 0 Å². The molecule has 0 aliphatic carbocycles. The highest BCUT2D eigenvalue weighted by Gasteiger charge is 2.16. The van der Waals surface area contributed by atoms with E-state index in [-0.39, 0.29) is 17.0 Å². The van der Waals surface area contributed by atoms with E-state index < -0.39 is 0 Å². The van der Waals surface area contributed by atoms with Crippen LogP contribution in [0.1, 0.15) is 62.5 Å². The maximum Gasteiger partial charge on any atom is 0.104 e. The van der Waals surface area contributed by atoms with Crippen molar-refractivity contribution in [3.8, 4) is 0 Å². The van der Waals surface area contributed by atoms with Crippen molar-refractivity contribution in [3.63, 3.8) is 0 Å². The zero-order valence-corrected chi connectivity index (χ0v) is 22.1. The molecule has 0 aliphatic heterocycles. The molecule has 3 heteroatoms. The van der Waals surface area contributed by atoms with Crippen LogP contribution in [0, 0.1) is 0 Å². The van der Waals surface area contributed by atoms with Crippen molar-refractivity contribution < 1.29 is 25.9 Å². The predicted molar refractivity (Wildman–Crippen MR) is 131 cm³/mol. The fourth-order valence-corrected chi connectivity index (χ4v) is 4.45. The molecular formula is C28H46BrN2+. The Morgan fingerprint density at radius 1 is 0.452 bits per heavy atom.